The Labute approximate surface area is 98.2 Å². The summed E-state index contributed by atoms with van der Waals surface area (Å²) in [6, 6.07) is 3.79. The van der Waals surface area contributed by atoms with Crippen molar-refractivity contribution in [2.75, 3.05) is 6.54 Å². The fraction of sp³-hybridized carbons (Fsp3) is 0.364. The molecule has 3 nitrogen and oxygen atoms in total. The van der Waals surface area contributed by atoms with Crippen LogP contribution in [0, 0.1) is 5.82 Å². The van der Waals surface area contributed by atoms with Crippen LogP contribution in [0.15, 0.2) is 18.2 Å². The lowest BCUT2D eigenvalue weighted by molar-refractivity contribution is 0.0694. The number of halogens is 2. The van der Waals surface area contributed by atoms with E-state index in [1.54, 1.807) is 13.8 Å². The van der Waals surface area contributed by atoms with Gasteiger partial charge in [-0.1, -0.05) is 11.6 Å². The second-order valence-corrected chi connectivity index (χ2v) is 4.53. The van der Waals surface area contributed by atoms with Gasteiger partial charge in [-0.05, 0) is 32.0 Å². The summed E-state index contributed by atoms with van der Waals surface area (Å²) in [4.78, 5) is 11.5. The summed E-state index contributed by atoms with van der Waals surface area (Å²) in [7, 11) is 0. The fourth-order valence-corrected chi connectivity index (χ4v) is 1.15. The number of amides is 1. The summed E-state index contributed by atoms with van der Waals surface area (Å²) in [6.07, 6.45) is 0. The zero-order valence-electron chi connectivity index (χ0n) is 9.05. The number of rotatable bonds is 3. The van der Waals surface area contributed by atoms with Gasteiger partial charge in [-0.25, -0.2) is 4.39 Å². The smallest absolute Gasteiger partial charge is 0.251 e. The number of carbonyl (C=O) groups excluding carboxylic acids is 1. The van der Waals surface area contributed by atoms with E-state index in [0.29, 0.717) is 0 Å². The Kier molecular flexibility index (Phi) is 3.88. The Hall–Kier alpha value is -1.13. The predicted octanol–water partition coefficient (Wildman–Crippen LogP) is 1.98. The Morgan fingerprint density at radius 2 is 2.19 bits per heavy atom. The van der Waals surface area contributed by atoms with Gasteiger partial charge in [-0.3, -0.25) is 4.79 Å². The molecule has 0 unspecified atom stereocenters. The van der Waals surface area contributed by atoms with Crippen LogP contribution in [0.4, 0.5) is 4.39 Å². The first kappa shape index (κ1) is 12.9. The summed E-state index contributed by atoms with van der Waals surface area (Å²) in [5, 5.41) is 11.9. The van der Waals surface area contributed by atoms with Gasteiger partial charge < -0.3 is 10.4 Å². The fourth-order valence-electron chi connectivity index (χ4n) is 1.04. The van der Waals surface area contributed by atoms with Crippen molar-refractivity contribution in [2.24, 2.45) is 0 Å². The van der Waals surface area contributed by atoms with Crippen molar-refractivity contribution >= 4 is 17.5 Å². The molecule has 88 valence electrons. The van der Waals surface area contributed by atoms with Crippen LogP contribution in [-0.4, -0.2) is 23.2 Å². The molecule has 5 heteroatoms. The summed E-state index contributed by atoms with van der Waals surface area (Å²) in [5.41, 5.74) is -0.827. The SMILES string of the molecule is CC(C)(O)CNC(=O)c1ccc(Cl)c(F)c1. The highest BCUT2D eigenvalue weighted by atomic mass is 35.5. The maximum Gasteiger partial charge on any atom is 0.251 e. The zero-order chi connectivity index (χ0) is 12.3. The number of hydrogen-bond donors (Lipinski definition) is 2. The Morgan fingerprint density at radius 1 is 1.56 bits per heavy atom. The van der Waals surface area contributed by atoms with E-state index in [2.05, 4.69) is 5.32 Å². The van der Waals surface area contributed by atoms with E-state index < -0.39 is 17.3 Å². The third-order valence-electron chi connectivity index (χ3n) is 1.86. The van der Waals surface area contributed by atoms with E-state index in [1.165, 1.54) is 12.1 Å². The quantitative estimate of drug-likeness (QED) is 0.856. The molecule has 0 aromatic heterocycles. The Bertz CT molecular complexity index is 401. The van der Waals surface area contributed by atoms with Gasteiger partial charge in [0.05, 0.1) is 10.6 Å². The predicted molar refractivity (Wildman–Crippen MR) is 60.0 cm³/mol. The zero-order valence-corrected chi connectivity index (χ0v) is 9.81. The third kappa shape index (κ3) is 3.79. The molecule has 0 aliphatic carbocycles. The molecule has 1 aromatic rings. The van der Waals surface area contributed by atoms with Crippen molar-refractivity contribution in [3.63, 3.8) is 0 Å². The maximum atomic E-state index is 13.1. The summed E-state index contributed by atoms with van der Waals surface area (Å²) >= 11 is 5.49. The van der Waals surface area contributed by atoms with Crippen LogP contribution in [0.2, 0.25) is 5.02 Å². The van der Waals surface area contributed by atoms with E-state index in [0.717, 1.165) is 6.07 Å². The van der Waals surface area contributed by atoms with Gasteiger partial charge >= 0.3 is 0 Å². The van der Waals surface area contributed by atoms with Crippen LogP contribution in [0.5, 0.6) is 0 Å². The molecule has 0 aliphatic heterocycles. The van der Waals surface area contributed by atoms with Crippen molar-refractivity contribution in [2.45, 2.75) is 19.4 Å². The Morgan fingerprint density at radius 3 is 2.69 bits per heavy atom. The molecule has 2 N–H and O–H groups in total. The highest BCUT2D eigenvalue weighted by Gasteiger charge is 2.15. The molecule has 0 atom stereocenters. The molecule has 0 saturated heterocycles. The van der Waals surface area contributed by atoms with Crippen molar-refractivity contribution in [3.05, 3.63) is 34.6 Å². The van der Waals surface area contributed by atoms with Gasteiger partial charge in [0.2, 0.25) is 0 Å². The van der Waals surface area contributed by atoms with Crippen LogP contribution < -0.4 is 5.32 Å². The number of aliphatic hydroxyl groups is 1. The molecular formula is C11H13ClFNO2. The first-order valence-electron chi connectivity index (χ1n) is 4.75. The minimum atomic E-state index is -0.999. The summed E-state index contributed by atoms with van der Waals surface area (Å²) in [6.45, 7) is 3.22. The lowest BCUT2D eigenvalue weighted by Gasteiger charge is -2.17. The van der Waals surface area contributed by atoms with Crippen LogP contribution in [0.25, 0.3) is 0 Å². The van der Waals surface area contributed by atoms with Crippen molar-refractivity contribution in [1.29, 1.82) is 0 Å². The molecule has 1 rings (SSSR count). The Balaban J connectivity index is 2.70. The summed E-state index contributed by atoms with van der Waals surface area (Å²) < 4.78 is 13.1. The van der Waals surface area contributed by atoms with E-state index >= 15 is 0 Å². The lowest BCUT2D eigenvalue weighted by atomic mass is 10.1. The molecule has 0 spiro atoms. The molecular weight excluding hydrogens is 233 g/mol. The molecule has 0 fully saturated rings. The van der Waals surface area contributed by atoms with Crippen LogP contribution in [-0.2, 0) is 0 Å². The molecule has 0 aliphatic rings. The average Bonchev–Trinajstić information content (AvgIpc) is 2.17. The molecule has 0 bridgehead atoms. The van der Waals surface area contributed by atoms with Gasteiger partial charge in [-0.15, -0.1) is 0 Å². The molecule has 0 saturated carbocycles. The second-order valence-electron chi connectivity index (χ2n) is 4.12. The van der Waals surface area contributed by atoms with Gasteiger partial charge in [0.15, 0.2) is 0 Å². The first-order chi connectivity index (χ1) is 7.29. The normalized spacial score (nSPS) is 11.3. The van der Waals surface area contributed by atoms with Gasteiger partial charge in [-0.2, -0.15) is 0 Å². The highest BCUT2D eigenvalue weighted by Crippen LogP contribution is 2.15. The van der Waals surface area contributed by atoms with Crippen LogP contribution in [0.3, 0.4) is 0 Å². The minimum absolute atomic E-state index is 0.0287. The maximum absolute atomic E-state index is 13.1. The molecule has 1 amide bonds. The van der Waals surface area contributed by atoms with Crippen molar-refractivity contribution in [1.82, 2.24) is 5.32 Å². The van der Waals surface area contributed by atoms with Gasteiger partial charge in [0.25, 0.3) is 5.91 Å². The van der Waals surface area contributed by atoms with Crippen molar-refractivity contribution in [3.8, 4) is 0 Å². The third-order valence-corrected chi connectivity index (χ3v) is 2.17. The molecule has 0 radical (unpaired) electrons. The minimum Gasteiger partial charge on any atom is -0.389 e. The average molecular weight is 246 g/mol. The summed E-state index contributed by atoms with van der Waals surface area (Å²) in [5.74, 6) is -1.09. The van der Waals surface area contributed by atoms with Crippen LogP contribution >= 0.6 is 11.6 Å². The van der Waals surface area contributed by atoms with E-state index in [4.69, 9.17) is 11.6 Å². The number of benzene rings is 1. The van der Waals surface area contributed by atoms with Gasteiger partial charge in [0.1, 0.15) is 5.82 Å². The van der Waals surface area contributed by atoms with E-state index in [1.807, 2.05) is 0 Å². The second kappa shape index (κ2) is 4.80. The number of carbonyl (C=O) groups is 1. The first-order valence-corrected chi connectivity index (χ1v) is 5.13. The van der Waals surface area contributed by atoms with Crippen molar-refractivity contribution < 1.29 is 14.3 Å². The molecule has 1 aromatic carbocycles. The molecule has 16 heavy (non-hydrogen) atoms. The lowest BCUT2D eigenvalue weighted by Crippen LogP contribution is -2.38. The number of nitrogens with one attached hydrogen (secondary N) is 1. The topological polar surface area (TPSA) is 49.3 Å². The van der Waals surface area contributed by atoms with Crippen LogP contribution in [0.1, 0.15) is 24.2 Å². The van der Waals surface area contributed by atoms with Gasteiger partial charge in [0, 0.05) is 12.1 Å². The molecule has 0 heterocycles. The van der Waals surface area contributed by atoms with E-state index in [-0.39, 0.29) is 17.1 Å². The standard InChI is InChI=1S/C11H13ClFNO2/c1-11(2,16)6-14-10(15)7-3-4-8(12)9(13)5-7/h3-5,16H,6H2,1-2H3,(H,14,15). The monoisotopic (exact) mass is 245 g/mol. The number of hydrogen-bond acceptors (Lipinski definition) is 2. The highest BCUT2D eigenvalue weighted by molar-refractivity contribution is 6.30. The largest absolute Gasteiger partial charge is 0.389 e. The van der Waals surface area contributed by atoms with E-state index in [9.17, 15) is 14.3 Å².